The highest BCUT2D eigenvalue weighted by molar-refractivity contribution is 7.14. The smallest absolute Gasteiger partial charge is 0.257 e. The lowest BCUT2D eigenvalue weighted by Gasteiger charge is -2.06. The molecule has 2 N–H and O–H groups in total. The summed E-state index contributed by atoms with van der Waals surface area (Å²) in [6, 6.07) is 14.9. The van der Waals surface area contributed by atoms with Crippen molar-refractivity contribution in [2.75, 3.05) is 17.7 Å². The Bertz CT molecular complexity index is 1080. The molecule has 0 unspecified atom stereocenters. The number of aromatic nitrogens is 2. The van der Waals surface area contributed by atoms with Crippen molar-refractivity contribution in [3.8, 4) is 17.0 Å². The number of nitrogens with one attached hydrogen (secondary N) is 2. The Balaban J connectivity index is 1.46. The van der Waals surface area contributed by atoms with E-state index in [0.29, 0.717) is 10.7 Å². The molecule has 1 amide bonds. The van der Waals surface area contributed by atoms with Crippen LogP contribution in [0.4, 0.5) is 16.0 Å². The SMILES string of the molecule is COc1ccc(-c2csc(NC(=O)c3cccc(Nc4nccs4)c3)n2)cc1. The number of thiazole rings is 2. The standard InChI is InChI=1S/C20H16N4O2S2/c1-26-16-7-5-13(6-8-16)17-12-28-20(23-17)24-18(25)14-3-2-4-15(11-14)22-19-21-9-10-27-19/h2-12H,1H3,(H,21,22)(H,23,24,25). The monoisotopic (exact) mass is 408 g/mol. The van der Waals surface area contributed by atoms with Crippen LogP contribution in [-0.4, -0.2) is 23.0 Å². The summed E-state index contributed by atoms with van der Waals surface area (Å²) >= 11 is 2.89. The molecule has 28 heavy (non-hydrogen) atoms. The highest BCUT2D eigenvalue weighted by Crippen LogP contribution is 2.27. The number of benzene rings is 2. The van der Waals surface area contributed by atoms with Crippen LogP contribution >= 0.6 is 22.7 Å². The zero-order valence-electron chi connectivity index (χ0n) is 14.9. The Labute approximate surface area is 169 Å². The van der Waals surface area contributed by atoms with Crippen LogP contribution in [0.2, 0.25) is 0 Å². The summed E-state index contributed by atoms with van der Waals surface area (Å²) in [7, 11) is 1.63. The van der Waals surface area contributed by atoms with Gasteiger partial charge in [-0.15, -0.1) is 22.7 Å². The number of carbonyl (C=O) groups excluding carboxylic acids is 1. The maximum Gasteiger partial charge on any atom is 0.257 e. The van der Waals surface area contributed by atoms with Crippen LogP contribution in [0.3, 0.4) is 0 Å². The number of methoxy groups -OCH3 is 1. The molecule has 2 aromatic carbocycles. The van der Waals surface area contributed by atoms with E-state index in [1.807, 2.05) is 47.2 Å². The van der Waals surface area contributed by atoms with Gasteiger partial charge in [0.05, 0.1) is 12.8 Å². The van der Waals surface area contributed by atoms with Gasteiger partial charge in [-0.25, -0.2) is 9.97 Å². The van der Waals surface area contributed by atoms with Crippen LogP contribution in [0.15, 0.2) is 65.5 Å². The fraction of sp³-hybridized carbons (Fsp3) is 0.0500. The van der Waals surface area contributed by atoms with E-state index in [4.69, 9.17) is 4.74 Å². The molecule has 0 bridgehead atoms. The van der Waals surface area contributed by atoms with Gasteiger partial charge in [0, 0.05) is 33.8 Å². The van der Waals surface area contributed by atoms with Gasteiger partial charge < -0.3 is 10.1 Å². The number of rotatable bonds is 6. The van der Waals surface area contributed by atoms with E-state index >= 15 is 0 Å². The quantitative estimate of drug-likeness (QED) is 0.454. The second-order valence-electron chi connectivity index (χ2n) is 5.76. The Morgan fingerprint density at radius 1 is 1.07 bits per heavy atom. The summed E-state index contributed by atoms with van der Waals surface area (Å²) in [5.74, 6) is 0.581. The second-order valence-corrected chi connectivity index (χ2v) is 7.52. The number of hydrogen-bond acceptors (Lipinski definition) is 7. The molecule has 0 saturated carbocycles. The minimum Gasteiger partial charge on any atom is -0.497 e. The third kappa shape index (κ3) is 4.19. The van der Waals surface area contributed by atoms with Gasteiger partial charge >= 0.3 is 0 Å². The average molecular weight is 409 g/mol. The molecule has 2 aromatic heterocycles. The largest absolute Gasteiger partial charge is 0.497 e. The van der Waals surface area contributed by atoms with Crippen LogP contribution < -0.4 is 15.4 Å². The maximum absolute atomic E-state index is 12.6. The molecule has 0 aliphatic heterocycles. The van der Waals surface area contributed by atoms with Gasteiger partial charge in [-0.3, -0.25) is 10.1 Å². The third-order valence-corrected chi connectivity index (χ3v) is 5.37. The summed E-state index contributed by atoms with van der Waals surface area (Å²) in [4.78, 5) is 21.3. The predicted octanol–water partition coefficient (Wildman–Crippen LogP) is 5.27. The van der Waals surface area contributed by atoms with Crippen LogP contribution in [0, 0.1) is 0 Å². The molecular weight excluding hydrogens is 392 g/mol. The van der Waals surface area contributed by atoms with E-state index < -0.39 is 0 Å². The molecule has 0 fully saturated rings. The molecule has 0 atom stereocenters. The fourth-order valence-corrected chi connectivity index (χ4v) is 3.81. The maximum atomic E-state index is 12.6. The molecule has 6 nitrogen and oxygen atoms in total. The van der Waals surface area contributed by atoms with Gasteiger partial charge in [-0.1, -0.05) is 6.07 Å². The minimum atomic E-state index is -0.210. The summed E-state index contributed by atoms with van der Waals surface area (Å²) in [6.45, 7) is 0. The van der Waals surface area contributed by atoms with Crippen LogP contribution in [0.1, 0.15) is 10.4 Å². The Hall–Kier alpha value is -3.23. The van der Waals surface area contributed by atoms with Crippen molar-refractivity contribution >= 4 is 44.5 Å². The van der Waals surface area contributed by atoms with Crippen molar-refractivity contribution in [1.29, 1.82) is 0 Å². The van der Waals surface area contributed by atoms with Gasteiger partial charge in [0.25, 0.3) is 5.91 Å². The van der Waals surface area contributed by atoms with E-state index in [1.165, 1.54) is 22.7 Å². The molecule has 140 valence electrons. The lowest BCUT2D eigenvalue weighted by molar-refractivity contribution is 0.102. The lowest BCUT2D eigenvalue weighted by Crippen LogP contribution is -2.11. The molecular formula is C20H16N4O2S2. The van der Waals surface area contributed by atoms with Crippen LogP contribution in [0.5, 0.6) is 5.75 Å². The number of nitrogens with zero attached hydrogens (tertiary/aromatic N) is 2. The van der Waals surface area contributed by atoms with Crippen molar-refractivity contribution in [1.82, 2.24) is 9.97 Å². The first-order chi connectivity index (χ1) is 13.7. The molecule has 2 heterocycles. The Morgan fingerprint density at radius 3 is 2.68 bits per heavy atom. The zero-order valence-corrected chi connectivity index (χ0v) is 16.5. The van der Waals surface area contributed by atoms with Crippen molar-refractivity contribution in [3.63, 3.8) is 0 Å². The molecule has 0 saturated heterocycles. The normalized spacial score (nSPS) is 10.5. The first-order valence-corrected chi connectivity index (χ1v) is 10.1. The number of amides is 1. The Morgan fingerprint density at radius 2 is 1.93 bits per heavy atom. The van der Waals surface area contributed by atoms with E-state index in [9.17, 15) is 4.79 Å². The number of ether oxygens (including phenoxy) is 1. The molecule has 0 spiro atoms. The Kier molecular flexibility index (Phi) is 5.31. The van der Waals surface area contributed by atoms with Gasteiger partial charge in [-0.2, -0.15) is 0 Å². The highest BCUT2D eigenvalue weighted by Gasteiger charge is 2.11. The van der Waals surface area contributed by atoms with Crippen LogP contribution in [0.25, 0.3) is 11.3 Å². The van der Waals surface area contributed by atoms with E-state index in [0.717, 1.165) is 27.8 Å². The molecule has 0 aliphatic rings. The van der Waals surface area contributed by atoms with E-state index in [2.05, 4.69) is 20.6 Å². The summed E-state index contributed by atoms with van der Waals surface area (Å²) < 4.78 is 5.17. The van der Waals surface area contributed by atoms with Crippen molar-refractivity contribution in [2.45, 2.75) is 0 Å². The van der Waals surface area contributed by atoms with E-state index in [-0.39, 0.29) is 5.91 Å². The minimum absolute atomic E-state index is 0.210. The fourth-order valence-electron chi connectivity index (χ4n) is 2.54. The van der Waals surface area contributed by atoms with Gasteiger partial charge in [0.1, 0.15) is 5.75 Å². The van der Waals surface area contributed by atoms with Gasteiger partial charge in [0.2, 0.25) is 0 Å². The first kappa shape index (κ1) is 18.1. The molecule has 0 radical (unpaired) electrons. The lowest BCUT2D eigenvalue weighted by atomic mass is 10.2. The molecule has 4 rings (SSSR count). The average Bonchev–Trinajstić information content (AvgIpc) is 3.40. The number of anilines is 3. The third-order valence-electron chi connectivity index (χ3n) is 3.92. The first-order valence-electron chi connectivity index (χ1n) is 8.39. The van der Waals surface area contributed by atoms with Gasteiger partial charge in [-0.05, 0) is 42.5 Å². The van der Waals surface area contributed by atoms with E-state index in [1.54, 1.807) is 25.4 Å². The predicted molar refractivity (Wildman–Crippen MR) is 114 cm³/mol. The van der Waals surface area contributed by atoms with Crippen molar-refractivity contribution < 1.29 is 9.53 Å². The summed E-state index contributed by atoms with van der Waals surface area (Å²) in [5, 5.41) is 11.2. The molecule has 4 aromatic rings. The second kappa shape index (κ2) is 8.20. The van der Waals surface area contributed by atoms with Gasteiger partial charge in [0.15, 0.2) is 10.3 Å². The summed E-state index contributed by atoms with van der Waals surface area (Å²) in [6.07, 6.45) is 1.73. The topological polar surface area (TPSA) is 76.1 Å². The highest BCUT2D eigenvalue weighted by atomic mass is 32.1. The summed E-state index contributed by atoms with van der Waals surface area (Å²) in [5.41, 5.74) is 3.12. The molecule has 0 aliphatic carbocycles. The number of carbonyl (C=O) groups is 1. The van der Waals surface area contributed by atoms with Crippen LogP contribution in [-0.2, 0) is 0 Å². The number of hydrogen-bond donors (Lipinski definition) is 2. The molecule has 8 heteroatoms. The van der Waals surface area contributed by atoms with Crippen molar-refractivity contribution in [2.24, 2.45) is 0 Å². The zero-order chi connectivity index (χ0) is 19.3. The van der Waals surface area contributed by atoms with Crippen molar-refractivity contribution in [3.05, 3.63) is 71.1 Å².